The molecule has 0 bridgehead atoms. The van der Waals surface area contributed by atoms with E-state index in [4.69, 9.17) is 0 Å². The minimum absolute atomic E-state index is 0.0560. The number of carbonyl (C=O) groups excluding carboxylic acids is 1. The molecule has 1 N–H and O–H groups in total. The topological polar surface area (TPSA) is 61.4 Å². The van der Waals surface area contributed by atoms with Gasteiger partial charge in [0.1, 0.15) is 17.3 Å². The summed E-state index contributed by atoms with van der Waals surface area (Å²) in [5.41, 5.74) is 0.941. The van der Waals surface area contributed by atoms with Crippen molar-refractivity contribution in [3.05, 3.63) is 48.2 Å². The number of halogens is 1. The van der Waals surface area contributed by atoms with Gasteiger partial charge in [-0.2, -0.15) is 0 Å². The van der Waals surface area contributed by atoms with Crippen LogP contribution < -0.4 is 15.1 Å². The zero-order valence-corrected chi connectivity index (χ0v) is 14.4. The zero-order chi connectivity index (χ0) is 17.8. The van der Waals surface area contributed by atoms with Gasteiger partial charge in [0.25, 0.3) is 5.91 Å². The lowest BCUT2D eigenvalue weighted by Gasteiger charge is -2.36. The summed E-state index contributed by atoms with van der Waals surface area (Å²) < 4.78 is 13.9. The molecule has 1 aliphatic heterocycles. The van der Waals surface area contributed by atoms with Gasteiger partial charge in [0.2, 0.25) is 0 Å². The first-order valence-electron chi connectivity index (χ1n) is 8.42. The maximum Gasteiger partial charge on any atom is 0.271 e. The van der Waals surface area contributed by atoms with E-state index in [0.717, 1.165) is 18.9 Å². The predicted molar refractivity (Wildman–Crippen MR) is 95.5 cm³/mol. The van der Waals surface area contributed by atoms with E-state index in [1.165, 1.54) is 12.3 Å². The van der Waals surface area contributed by atoms with Crippen LogP contribution >= 0.6 is 0 Å². The summed E-state index contributed by atoms with van der Waals surface area (Å²) in [5.74, 6) is 0.309. The quantitative estimate of drug-likeness (QED) is 0.921. The van der Waals surface area contributed by atoms with Crippen molar-refractivity contribution in [3.63, 3.8) is 0 Å². The van der Waals surface area contributed by atoms with Crippen LogP contribution in [0.3, 0.4) is 0 Å². The highest BCUT2D eigenvalue weighted by atomic mass is 19.1. The molecule has 1 aliphatic rings. The van der Waals surface area contributed by atoms with E-state index in [1.54, 1.807) is 18.3 Å². The van der Waals surface area contributed by atoms with Crippen molar-refractivity contribution in [1.82, 2.24) is 15.3 Å². The van der Waals surface area contributed by atoms with E-state index >= 15 is 0 Å². The van der Waals surface area contributed by atoms with Gasteiger partial charge < -0.3 is 15.1 Å². The van der Waals surface area contributed by atoms with Gasteiger partial charge in [0.05, 0.1) is 18.1 Å². The molecule has 0 aliphatic carbocycles. The maximum atomic E-state index is 13.9. The second kappa shape index (κ2) is 7.46. The first kappa shape index (κ1) is 17.1. The van der Waals surface area contributed by atoms with E-state index in [0.29, 0.717) is 24.5 Å². The molecular weight excluding hydrogens is 321 g/mol. The Morgan fingerprint density at radius 1 is 1.08 bits per heavy atom. The second-order valence-corrected chi connectivity index (χ2v) is 6.31. The highest BCUT2D eigenvalue weighted by Crippen LogP contribution is 2.21. The van der Waals surface area contributed by atoms with Crippen LogP contribution in [0.25, 0.3) is 0 Å². The monoisotopic (exact) mass is 343 g/mol. The molecule has 2 heterocycles. The molecule has 1 amide bonds. The lowest BCUT2D eigenvalue weighted by Crippen LogP contribution is -2.47. The Bertz CT molecular complexity index is 727. The molecule has 6 nitrogen and oxygen atoms in total. The molecule has 0 atom stereocenters. The number of nitrogens with one attached hydrogen (secondary N) is 1. The lowest BCUT2D eigenvalue weighted by molar-refractivity contribution is 0.0937. The first-order valence-corrected chi connectivity index (χ1v) is 8.42. The van der Waals surface area contributed by atoms with Crippen molar-refractivity contribution in [2.75, 3.05) is 36.0 Å². The zero-order valence-electron chi connectivity index (χ0n) is 14.4. The highest BCUT2D eigenvalue weighted by Gasteiger charge is 2.20. The van der Waals surface area contributed by atoms with Crippen molar-refractivity contribution < 1.29 is 9.18 Å². The molecule has 1 aromatic carbocycles. The summed E-state index contributed by atoms with van der Waals surface area (Å²) >= 11 is 0. The molecular formula is C18H22FN5O. The fourth-order valence-corrected chi connectivity index (χ4v) is 2.82. The average molecular weight is 343 g/mol. The van der Waals surface area contributed by atoms with Gasteiger partial charge in [-0.1, -0.05) is 12.1 Å². The molecule has 0 spiro atoms. The number of carbonyl (C=O) groups is 1. The van der Waals surface area contributed by atoms with Gasteiger partial charge in [-0.05, 0) is 26.0 Å². The van der Waals surface area contributed by atoms with Gasteiger partial charge >= 0.3 is 0 Å². The Hall–Kier alpha value is -2.70. The predicted octanol–water partition coefficient (Wildman–Crippen LogP) is 2.08. The van der Waals surface area contributed by atoms with Gasteiger partial charge in [-0.3, -0.25) is 4.79 Å². The maximum absolute atomic E-state index is 13.9. The summed E-state index contributed by atoms with van der Waals surface area (Å²) in [6, 6.07) is 6.88. The summed E-state index contributed by atoms with van der Waals surface area (Å²) in [7, 11) is 0. The molecule has 7 heteroatoms. The second-order valence-electron chi connectivity index (χ2n) is 6.31. The molecule has 2 aromatic rings. The molecule has 1 aromatic heterocycles. The number of benzene rings is 1. The Morgan fingerprint density at radius 2 is 1.76 bits per heavy atom. The van der Waals surface area contributed by atoms with Crippen LogP contribution in [0, 0.1) is 5.82 Å². The van der Waals surface area contributed by atoms with Crippen LogP contribution in [-0.2, 0) is 0 Å². The summed E-state index contributed by atoms with van der Waals surface area (Å²) in [6.45, 7) is 6.65. The summed E-state index contributed by atoms with van der Waals surface area (Å²) in [6.07, 6.45) is 3.12. The third-order valence-electron chi connectivity index (χ3n) is 4.09. The van der Waals surface area contributed by atoms with E-state index in [9.17, 15) is 9.18 Å². The van der Waals surface area contributed by atoms with Crippen LogP contribution in [0.4, 0.5) is 15.9 Å². The van der Waals surface area contributed by atoms with Crippen molar-refractivity contribution in [1.29, 1.82) is 0 Å². The van der Waals surface area contributed by atoms with Crippen LogP contribution in [0.2, 0.25) is 0 Å². The van der Waals surface area contributed by atoms with E-state index < -0.39 is 0 Å². The summed E-state index contributed by atoms with van der Waals surface area (Å²) in [5, 5.41) is 2.79. The largest absolute Gasteiger partial charge is 0.366 e. The van der Waals surface area contributed by atoms with E-state index in [-0.39, 0.29) is 17.8 Å². The van der Waals surface area contributed by atoms with Crippen LogP contribution in [-0.4, -0.2) is 48.1 Å². The highest BCUT2D eigenvalue weighted by molar-refractivity contribution is 5.92. The SMILES string of the molecule is CC(C)NC(=O)c1cnc(N2CCN(c3ccccc3F)CC2)cn1. The average Bonchev–Trinajstić information content (AvgIpc) is 2.62. The normalized spacial score (nSPS) is 14.7. The van der Waals surface area contributed by atoms with Crippen LogP contribution in [0.15, 0.2) is 36.7 Å². The number of hydrogen-bond donors (Lipinski definition) is 1. The number of rotatable bonds is 4. The van der Waals surface area contributed by atoms with Gasteiger partial charge in [0, 0.05) is 32.2 Å². The molecule has 3 rings (SSSR count). The smallest absolute Gasteiger partial charge is 0.271 e. The molecule has 132 valence electrons. The first-order chi connectivity index (χ1) is 12.0. The molecule has 0 saturated carbocycles. The number of amides is 1. The van der Waals surface area contributed by atoms with Crippen molar-refractivity contribution in [2.45, 2.75) is 19.9 Å². The van der Waals surface area contributed by atoms with Crippen LogP contribution in [0.1, 0.15) is 24.3 Å². The number of piperazine rings is 1. The third-order valence-corrected chi connectivity index (χ3v) is 4.09. The fraction of sp³-hybridized carbons (Fsp3) is 0.389. The van der Waals surface area contributed by atoms with Gasteiger partial charge in [0.15, 0.2) is 0 Å². The van der Waals surface area contributed by atoms with Gasteiger partial charge in [-0.15, -0.1) is 0 Å². The molecule has 0 unspecified atom stereocenters. The number of aromatic nitrogens is 2. The standard InChI is InChI=1S/C18H22FN5O/c1-13(2)22-18(25)15-11-21-17(12-20-15)24-9-7-23(8-10-24)16-6-4-3-5-14(16)19/h3-6,11-13H,7-10H2,1-2H3,(H,22,25). The Kier molecular flexibility index (Phi) is 5.11. The number of anilines is 2. The van der Waals surface area contributed by atoms with E-state index in [2.05, 4.69) is 20.2 Å². The lowest BCUT2D eigenvalue weighted by atomic mass is 10.2. The van der Waals surface area contributed by atoms with Gasteiger partial charge in [-0.25, -0.2) is 14.4 Å². The minimum Gasteiger partial charge on any atom is -0.366 e. The minimum atomic E-state index is -0.224. The fourth-order valence-electron chi connectivity index (χ4n) is 2.82. The number of hydrogen-bond acceptors (Lipinski definition) is 5. The summed E-state index contributed by atoms with van der Waals surface area (Å²) in [4.78, 5) is 24.6. The van der Waals surface area contributed by atoms with Crippen molar-refractivity contribution in [3.8, 4) is 0 Å². The Morgan fingerprint density at radius 3 is 2.36 bits per heavy atom. The number of nitrogens with zero attached hydrogens (tertiary/aromatic N) is 4. The number of para-hydroxylation sites is 1. The molecule has 25 heavy (non-hydrogen) atoms. The van der Waals surface area contributed by atoms with Crippen molar-refractivity contribution in [2.24, 2.45) is 0 Å². The Balaban J connectivity index is 1.61. The molecule has 0 radical (unpaired) electrons. The Labute approximate surface area is 146 Å². The molecule has 1 fully saturated rings. The molecule has 1 saturated heterocycles. The third kappa shape index (κ3) is 4.04. The van der Waals surface area contributed by atoms with Crippen LogP contribution in [0.5, 0.6) is 0 Å². The van der Waals surface area contributed by atoms with E-state index in [1.807, 2.05) is 24.8 Å². The van der Waals surface area contributed by atoms with Crippen molar-refractivity contribution >= 4 is 17.4 Å².